The van der Waals surface area contributed by atoms with Gasteiger partial charge in [-0.1, -0.05) is 29.8 Å². The summed E-state index contributed by atoms with van der Waals surface area (Å²) < 4.78 is 13.1. The van der Waals surface area contributed by atoms with Gasteiger partial charge in [0, 0.05) is 12.1 Å². The standard InChI is InChI=1S/C13H10ClFN6O.C9H7NO/c14-7-3-6(1-2-8(7)15)4-17-13(22)11-9-10(18-5-19-11)12(16)21-20-9;1-7(11)9-4-2-8(6-10)3-5-9/h1-3,5H,4H2,(H,17,22)(H3,16,20,21);2-5H,1H3. The Morgan fingerprint density at radius 1 is 1.21 bits per heavy atom. The minimum atomic E-state index is -0.512. The molecule has 0 unspecified atom stereocenters. The molecule has 2 heterocycles. The van der Waals surface area contributed by atoms with E-state index >= 15 is 0 Å². The van der Waals surface area contributed by atoms with Crippen LogP contribution in [0.15, 0.2) is 48.8 Å². The molecule has 4 aromatic rings. The van der Waals surface area contributed by atoms with Crippen molar-refractivity contribution >= 4 is 40.1 Å². The molecule has 11 heteroatoms. The number of ketones is 1. The zero-order valence-corrected chi connectivity index (χ0v) is 18.0. The largest absolute Gasteiger partial charge is 0.380 e. The highest BCUT2D eigenvalue weighted by Crippen LogP contribution is 2.18. The van der Waals surface area contributed by atoms with Gasteiger partial charge in [-0.2, -0.15) is 10.4 Å². The molecular weight excluding hydrogens is 449 g/mol. The molecule has 0 bridgehead atoms. The van der Waals surface area contributed by atoms with Crippen LogP contribution < -0.4 is 11.1 Å². The molecule has 4 N–H and O–H groups in total. The lowest BCUT2D eigenvalue weighted by Crippen LogP contribution is -2.24. The Balaban J connectivity index is 0.000000235. The molecule has 2 aromatic carbocycles. The minimum Gasteiger partial charge on any atom is -0.380 e. The number of rotatable bonds is 4. The summed E-state index contributed by atoms with van der Waals surface area (Å²) >= 11 is 5.69. The van der Waals surface area contributed by atoms with E-state index in [0.29, 0.717) is 27.7 Å². The Labute approximate surface area is 192 Å². The highest BCUT2D eigenvalue weighted by molar-refractivity contribution is 6.30. The number of benzene rings is 2. The van der Waals surface area contributed by atoms with Gasteiger partial charge >= 0.3 is 0 Å². The van der Waals surface area contributed by atoms with Gasteiger partial charge in [0.05, 0.1) is 16.7 Å². The number of amides is 1. The van der Waals surface area contributed by atoms with Gasteiger partial charge in [0.2, 0.25) is 0 Å². The van der Waals surface area contributed by atoms with Crippen LogP contribution in [0.5, 0.6) is 0 Å². The molecule has 0 atom stereocenters. The number of nitriles is 1. The molecule has 9 nitrogen and oxygen atoms in total. The number of fused-ring (bicyclic) bond motifs is 1. The normalized spacial score (nSPS) is 10.1. The van der Waals surface area contributed by atoms with Crippen LogP contribution >= 0.6 is 11.6 Å². The fraction of sp³-hybridized carbons (Fsp3) is 0.0909. The first-order valence-electron chi connectivity index (χ1n) is 9.48. The SMILES string of the molecule is CC(=O)c1ccc(C#N)cc1.Nc1n[nH]c2c(C(=O)NCc3ccc(F)c(Cl)c3)ncnc12. The number of carbonyl (C=O) groups is 2. The first-order valence-corrected chi connectivity index (χ1v) is 9.85. The summed E-state index contributed by atoms with van der Waals surface area (Å²) in [7, 11) is 0. The zero-order chi connectivity index (χ0) is 24.0. The van der Waals surface area contributed by atoms with Crippen LogP contribution in [0.1, 0.15) is 38.9 Å². The average molecular weight is 466 g/mol. The summed E-state index contributed by atoms with van der Waals surface area (Å²) in [6.45, 7) is 1.68. The van der Waals surface area contributed by atoms with Crippen molar-refractivity contribution in [3.63, 3.8) is 0 Å². The van der Waals surface area contributed by atoms with Gasteiger partial charge in [-0.3, -0.25) is 14.7 Å². The number of nitrogens with one attached hydrogen (secondary N) is 2. The maximum absolute atomic E-state index is 13.1. The first-order chi connectivity index (χ1) is 15.8. The third-order valence-electron chi connectivity index (χ3n) is 4.45. The Bertz CT molecular complexity index is 1360. The number of nitrogen functional groups attached to an aromatic ring is 1. The highest BCUT2D eigenvalue weighted by Gasteiger charge is 2.16. The van der Waals surface area contributed by atoms with E-state index < -0.39 is 11.7 Å². The molecule has 0 aliphatic rings. The van der Waals surface area contributed by atoms with Crippen LogP contribution in [0, 0.1) is 17.1 Å². The quantitative estimate of drug-likeness (QED) is 0.390. The molecule has 4 rings (SSSR count). The Hall–Kier alpha value is -4.36. The van der Waals surface area contributed by atoms with E-state index in [-0.39, 0.29) is 28.9 Å². The topological polar surface area (TPSA) is 150 Å². The molecular formula is C22H17ClFN7O2. The van der Waals surface area contributed by atoms with E-state index in [2.05, 4.69) is 25.5 Å². The summed E-state index contributed by atoms with van der Waals surface area (Å²) in [5, 5.41) is 17.5. The lowest BCUT2D eigenvalue weighted by molar-refractivity contribution is 0.0946. The van der Waals surface area contributed by atoms with E-state index in [1.54, 1.807) is 24.3 Å². The second kappa shape index (κ2) is 10.3. The predicted molar refractivity (Wildman–Crippen MR) is 120 cm³/mol. The number of hydrogen-bond acceptors (Lipinski definition) is 7. The Morgan fingerprint density at radius 3 is 2.58 bits per heavy atom. The Morgan fingerprint density at radius 2 is 1.94 bits per heavy atom. The molecule has 0 radical (unpaired) electrons. The highest BCUT2D eigenvalue weighted by atomic mass is 35.5. The number of nitrogens with zero attached hydrogens (tertiary/aromatic N) is 4. The number of anilines is 1. The van der Waals surface area contributed by atoms with E-state index in [4.69, 9.17) is 22.6 Å². The average Bonchev–Trinajstić information content (AvgIpc) is 3.21. The lowest BCUT2D eigenvalue weighted by atomic mass is 10.1. The number of carbonyl (C=O) groups excluding carboxylic acids is 2. The van der Waals surface area contributed by atoms with Crippen LogP contribution in [0.2, 0.25) is 5.02 Å². The maximum atomic E-state index is 13.1. The zero-order valence-electron chi connectivity index (χ0n) is 17.3. The first kappa shape index (κ1) is 23.3. The third kappa shape index (κ3) is 5.66. The second-order valence-corrected chi connectivity index (χ2v) is 7.14. The molecule has 0 saturated carbocycles. The van der Waals surface area contributed by atoms with Gasteiger partial charge < -0.3 is 11.1 Å². The summed E-state index contributed by atoms with van der Waals surface area (Å²) in [5.41, 5.74) is 8.37. The van der Waals surface area contributed by atoms with Crippen molar-refractivity contribution < 1.29 is 14.0 Å². The Kier molecular flexibility index (Phi) is 7.27. The van der Waals surface area contributed by atoms with Crippen molar-refractivity contribution in [2.24, 2.45) is 0 Å². The molecule has 33 heavy (non-hydrogen) atoms. The van der Waals surface area contributed by atoms with Crippen LogP contribution in [0.25, 0.3) is 11.0 Å². The smallest absolute Gasteiger partial charge is 0.272 e. The van der Waals surface area contributed by atoms with Crippen molar-refractivity contribution in [2.45, 2.75) is 13.5 Å². The van der Waals surface area contributed by atoms with Gasteiger partial charge in [-0.15, -0.1) is 0 Å². The molecule has 166 valence electrons. The fourth-order valence-electron chi connectivity index (χ4n) is 2.72. The summed E-state index contributed by atoms with van der Waals surface area (Å²) in [6.07, 6.45) is 1.23. The van der Waals surface area contributed by atoms with Crippen molar-refractivity contribution in [3.8, 4) is 6.07 Å². The summed E-state index contributed by atoms with van der Waals surface area (Å²) in [6, 6.07) is 12.8. The lowest BCUT2D eigenvalue weighted by Gasteiger charge is -2.06. The van der Waals surface area contributed by atoms with Crippen LogP contribution in [0.4, 0.5) is 10.2 Å². The monoisotopic (exact) mass is 465 g/mol. The van der Waals surface area contributed by atoms with Crippen molar-refractivity contribution in [3.05, 3.63) is 82.0 Å². The van der Waals surface area contributed by atoms with Gasteiger partial charge in [0.15, 0.2) is 17.3 Å². The van der Waals surface area contributed by atoms with E-state index in [0.717, 1.165) is 0 Å². The molecule has 0 saturated heterocycles. The maximum Gasteiger partial charge on any atom is 0.272 e. The molecule has 1 amide bonds. The van der Waals surface area contributed by atoms with Gasteiger partial charge in [-0.25, -0.2) is 14.4 Å². The number of nitrogens with two attached hydrogens (primary N) is 1. The van der Waals surface area contributed by atoms with Crippen molar-refractivity contribution in [2.75, 3.05) is 5.73 Å². The van der Waals surface area contributed by atoms with Gasteiger partial charge in [0.25, 0.3) is 5.91 Å². The van der Waals surface area contributed by atoms with E-state index in [9.17, 15) is 14.0 Å². The van der Waals surface area contributed by atoms with Crippen molar-refractivity contribution in [1.82, 2.24) is 25.5 Å². The van der Waals surface area contributed by atoms with Gasteiger partial charge in [-0.05, 0) is 36.8 Å². The van der Waals surface area contributed by atoms with Crippen LogP contribution in [-0.2, 0) is 6.54 Å². The van der Waals surface area contributed by atoms with Crippen LogP contribution in [-0.4, -0.2) is 31.9 Å². The summed E-state index contributed by atoms with van der Waals surface area (Å²) in [4.78, 5) is 30.8. The summed E-state index contributed by atoms with van der Waals surface area (Å²) in [5.74, 6) is -0.732. The molecule has 0 aliphatic carbocycles. The van der Waals surface area contributed by atoms with E-state index in [1.165, 1.54) is 31.5 Å². The molecule has 0 fully saturated rings. The number of Topliss-reactive ketones (excluding diaryl/α,β-unsaturated/α-hetero) is 1. The number of H-pyrrole nitrogens is 1. The number of hydrogen-bond donors (Lipinski definition) is 3. The number of halogens is 2. The predicted octanol–water partition coefficient (Wildman–Crippen LogP) is 3.42. The fourth-order valence-corrected chi connectivity index (χ4v) is 2.93. The van der Waals surface area contributed by atoms with Gasteiger partial charge in [0.1, 0.15) is 23.2 Å². The minimum absolute atomic E-state index is 0.00230. The molecule has 2 aromatic heterocycles. The number of aromatic nitrogens is 4. The third-order valence-corrected chi connectivity index (χ3v) is 4.74. The molecule has 0 aliphatic heterocycles. The van der Waals surface area contributed by atoms with Crippen molar-refractivity contribution in [1.29, 1.82) is 5.26 Å². The van der Waals surface area contributed by atoms with Crippen LogP contribution in [0.3, 0.4) is 0 Å². The van der Waals surface area contributed by atoms with E-state index in [1.807, 2.05) is 6.07 Å². The number of aromatic amines is 1. The molecule has 0 spiro atoms. The second-order valence-electron chi connectivity index (χ2n) is 6.73.